The normalized spacial score (nSPS) is 20.9. The summed E-state index contributed by atoms with van der Waals surface area (Å²) in [6, 6.07) is 19.1. The summed E-state index contributed by atoms with van der Waals surface area (Å²) in [4.78, 5) is 2.45. The zero-order chi connectivity index (χ0) is 17.0. The Morgan fingerprint density at radius 3 is 2.38 bits per heavy atom. The number of rotatable bonds is 6. The topological polar surface area (TPSA) is 12.5 Å². The molecule has 2 aromatic rings. The summed E-state index contributed by atoms with van der Waals surface area (Å²) < 4.78 is 6.48. The number of hydrogen-bond acceptors (Lipinski definition) is 2. The van der Waals surface area contributed by atoms with Crippen molar-refractivity contribution in [3.63, 3.8) is 0 Å². The average Bonchev–Trinajstić information content (AvgIpc) is 3.01. The number of benzene rings is 2. The smallest absolute Gasteiger partial charge is 0.115 e. The summed E-state index contributed by atoms with van der Waals surface area (Å²) in [5.41, 5.74) is 1.85. The van der Waals surface area contributed by atoms with Crippen LogP contribution >= 0.6 is 11.6 Å². The minimum atomic E-state index is -0.455. The number of hydrogen-bond donors (Lipinski definition) is 0. The van der Waals surface area contributed by atoms with E-state index in [9.17, 15) is 0 Å². The molecule has 1 saturated heterocycles. The Labute approximate surface area is 150 Å². The van der Waals surface area contributed by atoms with E-state index in [1.54, 1.807) is 0 Å². The first kappa shape index (κ1) is 17.5. The van der Waals surface area contributed by atoms with Crippen LogP contribution in [0.4, 0.5) is 0 Å². The molecule has 1 aliphatic rings. The van der Waals surface area contributed by atoms with E-state index in [-0.39, 0.29) is 0 Å². The van der Waals surface area contributed by atoms with Gasteiger partial charge < -0.3 is 9.64 Å². The van der Waals surface area contributed by atoms with Crippen molar-refractivity contribution in [1.82, 2.24) is 4.90 Å². The van der Waals surface area contributed by atoms with Crippen LogP contribution in [-0.2, 0) is 10.3 Å². The maximum absolute atomic E-state index is 6.48. The van der Waals surface area contributed by atoms with E-state index in [2.05, 4.69) is 55.3 Å². The highest BCUT2D eigenvalue weighted by Gasteiger charge is 2.30. The summed E-state index contributed by atoms with van der Waals surface area (Å²) in [6.45, 7) is 4.12. The van der Waals surface area contributed by atoms with E-state index in [1.165, 1.54) is 24.9 Å². The first-order valence-corrected chi connectivity index (χ1v) is 9.13. The molecule has 0 spiro atoms. The Morgan fingerprint density at radius 2 is 1.75 bits per heavy atom. The first-order chi connectivity index (χ1) is 11.6. The van der Waals surface area contributed by atoms with Crippen LogP contribution < -0.4 is 0 Å². The van der Waals surface area contributed by atoms with Crippen LogP contribution in [-0.4, -0.2) is 31.1 Å². The molecule has 0 aliphatic carbocycles. The highest BCUT2D eigenvalue weighted by atomic mass is 35.5. The van der Waals surface area contributed by atoms with E-state index in [1.807, 2.05) is 18.2 Å². The fourth-order valence-electron chi connectivity index (χ4n) is 3.60. The Kier molecular flexibility index (Phi) is 5.60. The average molecular weight is 344 g/mol. The minimum absolute atomic E-state index is 0.455. The van der Waals surface area contributed by atoms with E-state index >= 15 is 0 Å². The summed E-state index contributed by atoms with van der Waals surface area (Å²) in [7, 11) is 2.22. The maximum atomic E-state index is 6.48. The molecule has 1 fully saturated rings. The van der Waals surface area contributed by atoms with Crippen molar-refractivity contribution < 1.29 is 4.74 Å². The highest BCUT2D eigenvalue weighted by molar-refractivity contribution is 6.30. The van der Waals surface area contributed by atoms with Gasteiger partial charge in [0.2, 0.25) is 0 Å². The van der Waals surface area contributed by atoms with Crippen LogP contribution in [0.3, 0.4) is 0 Å². The van der Waals surface area contributed by atoms with Gasteiger partial charge in [0.1, 0.15) is 5.60 Å². The molecule has 1 heterocycles. The summed E-state index contributed by atoms with van der Waals surface area (Å²) in [5, 5.41) is 0.752. The fourth-order valence-corrected chi connectivity index (χ4v) is 3.73. The Balaban J connectivity index is 1.78. The molecule has 3 heteroatoms. The van der Waals surface area contributed by atoms with Gasteiger partial charge in [-0.3, -0.25) is 0 Å². The Hall–Kier alpha value is -1.35. The molecule has 2 nitrogen and oxygen atoms in total. The summed E-state index contributed by atoms with van der Waals surface area (Å²) in [5.74, 6) is 0. The second-order valence-electron chi connectivity index (χ2n) is 6.82. The van der Waals surface area contributed by atoms with E-state index in [0.29, 0.717) is 6.04 Å². The van der Waals surface area contributed by atoms with Crippen LogP contribution in [0, 0.1) is 0 Å². The molecule has 0 amide bonds. The summed E-state index contributed by atoms with van der Waals surface area (Å²) >= 11 is 6.07. The SMILES string of the molecule is CN1CCC[C@H]1CCO[C@](C)(c1ccccc1)c1ccc(Cl)cc1. The second kappa shape index (κ2) is 7.69. The monoisotopic (exact) mass is 343 g/mol. The number of likely N-dealkylation sites (tertiary alicyclic amines) is 1. The molecule has 128 valence electrons. The molecule has 0 bridgehead atoms. The summed E-state index contributed by atoms with van der Waals surface area (Å²) in [6.07, 6.45) is 3.66. The molecule has 2 aromatic carbocycles. The van der Waals surface area contributed by atoms with Crippen LogP contribution in [0.15, 0.2) is 54.6 Å². The zero-order valence-corrected chi connectivity index (χ0v) is 15.3. The van der Waals surface area contributed by atoms with Gasteiger partial charge in [-0.2, -0.15) is 0 Å². The van der Waals surface area contributed by atoms with Gasteiger partial charge in [0.25, 0.3) is 0 Å². The minimum Gasteiger partial charge on any atom is -0.366 e. The van der Waals surface area contributed by atoms with Crippen LogP contribution in [0.25, 0.3) is 0 Å². The molecule has 1 aliphatic heterocycles. The molecule has 24 heavy (non-hydrogen) atoms. The molecule has 3 rings (SSSR count). The third-order valence-electron chi connectivity index (χ3n) is 5.23. The van der Waals surface area contributed by atoms with Gasteiger partial charge >= 0.3 is 0 Å². The number of nitrogens with zero attached hydrogens (tertiary/aromatic N) is 1. The predicted molar refractivity (Wildman–Crippen MR) is 101 cm³/mol. The van der Waals surface area contributed by atoms with Crippen LogP contribution in [0.1, 0.15) is 37.3 Å². The van der Waals surface area contributed by atoms with Crippen LogP contribution in [0.5, 0.6) is 0 Å². The van der Waals surface area contributed by atoms with E-state index < -0.39 is 5.60 Å². The molecule has 0 radical (unpaired) electrons. The molecule has 2 atom stereocenters. The highest BCUT2D eigenvalue weighted by Crippen LogP contribution is 2.34. The van der Waals surface area contributed by atoms with Crippen molar-refractivity contribution in [1.29, 1.82) is 0 Å². The van der Waals surface area contributed by atoms with E-state index in [0.717, 1.165) is 23.6 Å². The standard InChI is InChI=1S/C21H26ClNO/c1-21(17-7-4-3-5-8-17,18-10-12-19(22)13-11-18)24-16-14-20-9-6-15-23(20)2/h3-5,7-8,10-13,20H,6,9,14-16H2,1-2H3/t20-,21+/m0/s1. The lowest BCUT2D eigenvalue weighted by Gasteiger charge is -2.32. The molecule has 0 N–H and O–H groups in total. The number of halogens is 1. The van der Waals surface area contributed by atoms with Crippen LogP contribution in [0.2, 0.25) is 5.02 Å². The van der Waals surface area contributed by atoms with Gasteiger partial charge in [-0.05, 0) is 63.0 Å². The third kappa shape index (κ3) is 3.83. The van der Waals surface area contributed by atoms with Gasteiger partial charge in [-0.25, -0.2) is 0 Å². The van der Waals surface area contributed by atoms with Gasteiger partial charge in [0.15, 0.2) is 0 Å². The molecule has 0 unspecified atom stereocenters. The van der Waals surface area contributed by atoms with Gasteiger partial charge in [0.05, 0.1) is 0 Å². The van der Waals surface area contributed by atoms with Crippen molar-refractivity contribution in [2.75, 3.05) is 20.2 Å². The lowest BCUT2D eigenvalue weighted by Crippen LogP contribution is -2.31. The predicted octanol–water partition coefficient (Wildman–Crippen LogP) is 5.10. The van der Waals surface area contributed by atoms with Crippen molar-refractivity contribution in [3.8, 4) is 0 Å². The maximum Gasteiger partial charge on any atom is 0.115 e. The lowest BCUT2D eigenvalue weighted by molar-refractivity contribution is -0.0117. The quantitative estimate of drug-likeness (QED) is 0.723. The second-order valence-corrected chi connectivity index (χ2v) is 7.26. The van der Waals surface area contributed by atoms with Crippen molar-refractivity contribution in [2.24, 2.45) is 0 Å². The van der Waals surface area contributed by atoms with Gasteiger partial charge in [0, 0.05) is 17.7 Å². The van der Waals surface area contributed by atoms with Crippen molar-refractivity contribution in [3.05, 3.63) is 70.7 Å². The lowest BCUT2D eigenvalue weighted by atomic mass is 9.88. The van der Waals surface area contributed by atoms with Crippen molar-refractivity contribution >= 4 is 11.6 Å². The number of ether oxygens (including phenoxy) is 1. The Morgan fingerprint density at radius 1 is 1.08 bits per heavy atom. The van der Waals surface area contributed by atoms with Gasteiger partial charge in [-0.15, -0.1) is 0 Å². The third-order valence-corrected chi connectivity index (χ3v) is 5.49. The largest absolute Gasteiger partial charge is 0.366 e. The Bertz CT molecular complexity index is 643. The zero-order valence-electron chi connectivity index (χ0n) is 14.5. The molecule has 0 aromatic heterocycles. The van der Waals surface area contributed by atoms with E-state index in [4.69, 9.17) is 16.3 Å². The molecule has 0 saturated carbocycles. The fraction of sp³-hybridized carbons (Fsp3) is 0.429. The molecular formula is C21H26ClNO. The van der Waals surface area contributed by atoms with Gasteiger partial charge in [-0.1, -0.05) is 54.1 Å². The molecular weight excluding hydrogens is 318 g/mol. The first-order valence-electron chi connectivity index (χ1n) is 8.75. The van der Waals surface area contributed by atoms with Crippen molar-refractivity contribution in [2.45, 2.75) is 37.8 Å².